The highest BCUT2D eigenvalue weighted by molar-refractivity contribution is 6.28. The molecule has 1 N–H and O–H groups in total. The van der Waals surface area contributed by atoms with Crippen molar-refractivity contribution in [3.63, 3.8) is 0 Å². The highest BCUT2D eigenvalue weighted by Gasteiger charge is 2.27. The largest absolute Gasteiger partial charge is 0.391 e. The first-order valence-electron chi connectivity index (χ1n) is 6.00. The van der Waals surface area contributed by atoms with Gasteiger partial charge in [0.05, 0.1) is 12.1 Å². The second-order valence-electron chi connectivity index (χ2n) is 4.67. The van der Waals surface area contributed by atoms with E-state index in [0.29, 0.717) is 0 Å². The molecule has 1 heterocycles. The molecule has 2 atom stereocenters. The summed E-state index contributed by atoms with van der Waals surface area (Å²) in [5, 5.41) is 10.3. The Hall–Kier alpha value is -0.870. The van der Waals surface area contributed by atoms with Crippen LogP contribution in [0.5, 0.6) is 0 Å². The molecule has 0 spiro atoms. The average Bonchev–Trinajstić information content (AvgIpc) is 2.27. The van der Waals surface area contributed by atoms with Gasteiger partial charge in [-0.15, -0.1) is 0 Å². The zero-order chi connectivity index (χ0) is 12.4. The van der Waals surface area contributed by atoms with Crippen molar-refractivity contribution >= 4 is 17.4 Å². The van der Waals surface area contributed by atoms with E-state index in [4.69, 9.17) is 11.6 Å². The molecule has 0 amide bonds. The van der Waals surface area contributed by atoms with Crippen LogP contribution in [0, 0.1) is 6.92 Å². The molecule has 1 aliphatic rings. The van der Waals surface area contributed by atoms with Crippen LogP contribution in [0.15, 0.2) is 6.07 Å². The van der Waals surface area contributed by atoms with E-state index in [1.807, 2.05) is 24.9 Å². The molecule has 5 heteroatoms. The van der Waals surface area contributed by atoms with E-state index in [-0.39, 0.29) is 17.4 Å². The number of likely N-dealkylation sites (N-methyl/N-ethyl adjacent to an activating group) is 1. The number of anilines is 1. The Bertz CT molecular complexity index is 379. The van der Waals surface area contributed by atoms with Crippen molar-refractivity contribution in [1.82, 2.24) is 9.97 Å². The molecular weight excluding hydrogens is 238 g/mol. The van der Waals surface area contributed by atoms with E-state index in [1.54, 1.807) is 0 Å². The lowest BCUT2D eigenvalue weighted by molar-refractivity contribution is 0.106. The van der Waals surface area contributed by atoms with Gasteiger partial charge in [-0.05, 0) is 31.4 Å². The minimum absolute atomic E-state index is 0.133. The van der Waals surface area contributed by atoms with Crippen LogP contribution in [0.2, 0.25) is 5.28 Å². The van der Waals surface area contributed by atoms with Crippen molar-refractivity contribution in [3.8, 4) is 0 Å². The number of halogens is 1. The lowest BCUT2D eigenvalue weighted by Crippen LogP contribution is -2.43. The molecule has 2 unspecified atom stereocenters. The van der Waals surface area contributed by atoms with Crippen LogP contribution in [0.1, 0.15) is 31.4 Å². The van der Waals surface area contributed by atoms with Gasteiger partial charge in [-0.3, -0.25) is 0 Å². The fraction of sp³-hybridized carbons (Fsp3) is 0.667. The predicted molar refractivity (Wildman–Crippen MR) is 68.4 cm³/mol. The quantitative estimate of drug-likeness (QED) is 0.823. The second kappa shape index (κ2) is 5.19. The maximum absolute atomic E-state index is 10.0. The zero-order valence-electron chi connectivity index (χ0n) is 10.2. The van der Waals surface area contributed by atoms with Gasteiger partial charge in [0, 0.05) is 18.8 Å². The number of aliphatic hydroxyl groups is 1. The summed E-state index contributed by atoms with van der Waals surface area (Å²) in [6, 6.07) is 2.03. The van der Waals surface area contributed by atoms with Gasteiger partial charge < -0.3 is 10.0 Å². The van der Waals surface area contributed by atoms with Crippen molar-refractivity contribution in [3.05, 3.63) is 17.0 Å². The molecule has 4 nitrogen and oxygen atoms in total. The first-order chi connectivity index (χ1) is 8.08. The third kappa shape index (κ3) is 2.87. The fourth-order valence-corrected chi connectivity index (χ4v) is 2.63. The second-order valence-corrected chi connectivity index (χ2v) is 5.00. The molecule has 0 saturated heterocycles. The van der Waals surface area contributed by atoms with E-state index in [2.05, 4.69) is 9.97 Å². The lowest BCUT2D eigenvalue weighted by atomic mass is 9.91. The number of aryl methyl sites for hydroxylation is 1. The van der Waals surface area contributed by atoms with Gasteiger partial charge in [0.2, 0.25) is 5.28 Å². The molecule has 0 radical (unpaired) electrons. The van der Waals surface area contributed by atoms with E-state index in [9.17, 15) is 5.11 Å². The molecule has 1 aliphatic carbocycles. The summed E-state index contributed by atoms with van der Waals surface area (Å²) in [5.41, 5.74) is 0.845. The molecule has 0 aromatic carbocycles. The molecule has 0 aliphatic heterocycles. The number of hydrogen-bond donors (Lipinski definition) is 1. The number of rotatable bonds is 2. The molecule has 17 heavy (non-hydrogen) atoms. The van der Waals surface area contributed by atoms with Gasteiger partial charge in [-0.2, -0.15) is 0 Å². The molecule has 1 aromatic rings. The number of aromatic nitrogens is 2. The van der Waals surface area contributed by atoms with Crippen molar-refractivity contribution in [1.29, 1.82) is 0 Å². The van der Waals surface area contributed by atoms with Crippen molar-refractivity contribution in [2.45, 2.75) is 44.8 Å². The maximum Gasteiger partial charge on any atom is 0.224 e. The standard InChI is InChI=1S/C12H18ClN3O/c1-8-7-11(15-12(13)14-8)16(2)9-5-3-4-6-10(9)17/h7,9-10,17H,3-6H2,1-2H3. The first kappa shape index (κ1) is 12.6. The van der Waals surface area contributed by atoms with E-state index >= 15 is 0 Å². The third-order valence-electron chi connectivity index (χ3n) is 3.37. The lowest BCUT2D eigenvalue weighted by Gasteiger charge is -2.35. The van der Waals surface area contributed by atoms with Gasteiger partial charge in [0.15, 0.2) is 0 Å². The van der Waals surface area contributed by atoms with Crippen molar-refractivity contribution in [2.24, 2.45) is 0 Å². The highest BCUT2D eigenvalue weighted by atomic mass is 35.5. The molecule has 1 saturated carbocycles. The summed E-state index contributed by atoms with van der Waals surface area (Å²) >= 11 is 5.86. The Labute approximate surface area is 107 Å². The Kier molecular flexibility index (Phi) is 3.84. The predicted octanol–water partition coefficient (Wildman–Crippen LogP) is 2.18. The van der Waals surface area contributed by atoms with E-state index in [1.165, 1.54) is 0 Å². The van der Waals surface area contributed by atoms with Crippen LogP contribution in [0.3, 0.4) is 0 Å². The summed E-state index contributed by atoms with van der Waals surface area (Å²) in [5.74, 6) is 0.786. The van der Waals surface area contributed by atoms with Crippen molar-refractivity contribution < 1.29 is 5.11 Å². The van der Waals surface area contributed by atoms with E-state index < -0.39 is 0 Å². The Morgan fingerprint density at radius 3 is 2.71 bits per heavy atom. The Morgan fingerprint density at radius 1 is 1.35 bits per heavy atom. The molecule has 2 rings (SSSR count). The normalized spacial score (nSPS) is 24.7. The number of aliphatic hydroxyl groups excluding tert-OH is 1. The van der Waals surface area contributed by atoms with Crippen LogP contribution in [0.4, 0.5) is 5.82 Å². The van der Waals surface area contributed by atoms with Crippen LogP contribution >= 0.6 is 11.6 Å². The van der Waals surface area contributed by atoms with Gasteiger partial charge in [0.1, 0.15) is 5.82 Å². The Balaban J connectivity index is 2.20. The van der Waals surface area contributed by atoms with Crippen LogP contribution in [-0.2, 0) is 0 Å². The topological polar surface area (TPSA) is 49.2 Å². The molecule has 1 aromatic heterocycles. The molecule has 94 valence electrons. The fourth-order valence-electron chi connectivity index (χ4n) is 2.41. The minimum Gasteiger partial charge on any atom is -0.391 e. The van der Waals surface area contributed by atoms with E-state index in [0.717, 1.165) is 37.2 Å². The molecule has 0 bridgehead atoms. The minimum atomic E-state index is -0.275. The van der Waals surface area contributed by atoms with Crippen LogP contribution < -0.4 is 4.90 Å². The number of hydrogen-bond acceptors (Lipinski definition) is 4. The Morgan fingerprint density at radius 2 is 2.06 bits per heavy atom. The smallest absolute Gasteiger partial charge is 0.224 e. The summed E-state index contributed by atoms with van der Waals surface area (Å²) in [6.07, 6.45) is 3.85. The summed E-state index contributed by atoms with van der Waals surface area (Å²) < 4.78 is 0. The maximum atomic E-state index is 10.0. The number of nitrogens with zero attached hydrogens (tertiary/aromatic N) is 3. The van der Waals surface area contributed by atoms with Gasteiger partial charge >= 0.3 is 0 Å². The third-order valence-corrected chi connectivity index (χ3v) is 3.54. The monoisotopic (exact) mass is 255 g/mol. The summed E-state index contributed by atoms with van der Waals surface area (Å²) in [7, 11) is 1.96. The van der Waals surface area contributed by atoms with Gasteiger partial charge in [0.25, 0.3) is 0 Å². The highest BCUT2D eigenvalue weighted by Crippen LogP contribution is 2.26. The van der Waals surface area contributed by atoms with Gasteiger partial charge in [-0.1, -0.05) is 12.8 Å². The van der Waals surface area contributed by atoms with Gasteiger partial charge in [-0.25, -0.2) is 9.97 Å². The first-order valence-corrected chi connectivity index (χ1v) is 6.38. The molecule has 1 fully saturated rings. The van der Waals surface area contributed by atoms with Crippen LogP contribution in [0.25, 0.3) is 0 Å². The molecular formula is C12H18ClN3O. The SMILES string of the molecule is Cc1cc(N(C)C2CCCCC2O)nc(Cl)n1. The summed E-state index contributed by atoms with van der Waals surface area (Å²) in [4.78, 5) is 10.3. The summed E-state index contributed by atoms with van der Waals surface area (Å²) in [6.45, 7) is 1.89. The van der Waals surface area contributed by atoms with Crippen LogP contribution in [-0.4, -0.2) is 34.3 Å². The van der Waals surface area contributed by atoms with Crippen molar-refractivity contribution in [2.75, 3.05) is 11.9 Å². The zero-order valence-corrected chi connectivity index (χ0v) is 11.0. The average molecular weight is 256 g/mol.